The Bertz CT molecular complexity index is 3460. The van der Waals surface area contributed by atoms with Crippen molar-refractivity contribution in [3.8, 4) is 57.1 Å². The molecule has 7 heterocycles. The monoisotopic (exact) mass is 1150 g/mol. The van der Waals surface area contributed by atoms with Crippen molar-refractivity contribution in [2.24, 2.45) is 0 Å². The normalized spacial score (nSPS) is 18.1. The third-order valence-corrected chi connectivity index (χ3v) is 17.0. The number of ether oxygens (including phenoxy) is 6. The molecule has 82 heavy (non-hydrogen) atoms. The molecule has 2 amide bonds. The van der Waals surface area contributed by atoms with Gasteiger partial charge in [-0.25, -0.2) is 9.97 Å². The smallest absolute Gasteiger partial charge is 0.291 e. The van der Waals surface area contributed by atoms with E-state index in [0.29, 0.717) is 110 Å². The van der Waals surface area contributed by atoms with E-state index in [1.54, 1.807) is 34.0 Å². The number of aryl methyl sites for hydroxylation is 3. The second kappa shape index (κ2) is 22.3. The van der Waals surface area contributed by atoms with Crippen molar-refractivity contribution in [2.75, 3.05) is 47.1 Å². The number of allylic oxidation sites excluding steroid dienone is 4. The number of hydrogen-bond donors (Lipinski definition) is 0. The molecule has 0 saturated carbocycles. The van der Waals surface area contributed by atoms with Crippen LogP contribution in [0, 0.1) is 6.92 Å². The molecule has 0 aliphatic carbocycles. The SMILES string of the molecule is C/C=C/C(F)(F)c1cc(-c2nc(C(=O)N3CCOC(CC(C)Oc4cc5c(cc4OC)CCc4c(C(=O)N6CCOCC6(C)C)nc(-c6cscc6C)n4-5)C3(C)C)c3n2-c2cc(OC(C)C)c(OC)cc2CC3)cc(C(F)(F)/C=C/C)c1. The van der Waals surface area contributed by atoms with E-state index in [1.807, 2.05) is 78.5 Å². The van der Waals surface area contributed by atoms with E-state index in [-0.39, 0.29) is 42.2 Å². The summed E-state index contributed by atoms with van der Waals surface area (Å²) in [5.41, 5.74) is 4.07. The lowest BCUT2D eigenvalue weighted by atomic mass is 9.88. The van der Waals surface area contributed by atoms with Gasteiger partial charge in [0.1, 0.15) is 11.6 Å². The molecule has 14 nitrogen and oxygen atoms in total. The summed E-state index contributed by atoms with van der Waals surface area (Å²) in [5.74, 6) is -5.26. The molecular weight excluding hydrogens is 1080 g/mol. The standard InChI is InChI=1S/C63H72F4N6O8S/c1-13-19-62(64,65)42-26-41(27-43(30-42)63(66,67)20-14-2)56-68-55(45-17-15-39-28-49(76-11)51(80-36(3)4)31-47(39)72(45)56)59(75)71-22-24-79-53(61(71,9)10)25-38(6)81-52-32-48-40(29-50(52)77-12)16-18-46-54(58(74)70-21-23-78-35-60(70,7)8)69-57(73(46)48)44-34-82-33-37(44)5/h13-14,19-20,26-34,36,38,53H,15-18,21-25,35H2,1-12H3/b19-13+,20-14+. The minimum atomic E-state index is -3.63. The Hall–Kier alpha value is -6.96. The summed E-state index contributed by atoms with van der Waals surface area (Å²) in [5, 5.41) is 4.13. The quantitative estimate of drug-likeness (QED) is 0.0682. The minimum Gasteiger partial charge on any atom is -0.493 e. The predicted molar refractivity (Wildman–Crippen MR) is 307 cm³/mol. The molecule has 4 aliphatic rings. The second-order valence-corrected chi connectivity index (χ2v) is 23.8. The van der Waals surface area contributed by atoms with E-state index in [2.05, 4.69) is 15.3 Å². The third kappa shape index (κ3) is 10.6. The van der Waals surface area contributed by atoms with E-state index < -0.39 is 52.2 Å². The number of alkyl halides is 4. The molecule has 0 spiro atoms. The number of halogens is 4. The van der Waals surface area contributed by atoms with E-state index in [1.165, 1.54) is 45.2 Å². The Labute approximate surface area is 480 Å². The maximum atomic E-state index is 16.0. The lowest BCUT2D eigenvalue weighted by Crippen LogP contribution is -2.61. The molecule has 0 bridgehead atoms. The Balaban J connectivity index is 1.00. The first-order valence-electron chi connectivity index (χ1n) is 28.0. The number of aromatic nitrogens is 4. The van der Waals surface area contributed by atoms with Gasteiger partial charge in [-0.3, -0.25) is 18.7 Å². The first-order valence-corrected chi connectivity index (χ1v) is 28.9. The van der Waals surface area contributed by atoms with Gasteiger partial charge in [0.25, 0.3) is 23.7 Å². The Morgan fingerprint density at radius 2 is 1.26 bits per heavy atom. The Morgan fingerprint density at radius 1 is 0.720 bits per heavy atom. The van der Waals surface area contributed by atoms with Gasteiger partial charge in [-0.2, -0.15) is 28.9 Å². The average molecular weight is 1150 g/mol. The Kier molecular flexibility index (Phi) is 15.9. The molecule has 2 saturated heterocycles. The van der Waals surface area contributed by atoms with E-state index in [0.717, 1.165) is 39.7 Å². The number of amides is 2. The van der Waals surface area contributed by atoms with Crippen molar-refractivity contribution in [3.63, 3.8) is 0 Å². The molecule has 2 atom stereocenters. The maximum absolute atomic E-state index is 16.0. The van der Waals surface area contributed by atoms with E-state index >= 15 is 22.4 Å². The van der Waals surface area contributed by atoms with Crippen LogP contribution in [-0.2, 0) is 47.0 Å². The second-order valence-electron chi connectivity index (χ2n) is 23.0. The minimum absolute atomic E-state index is 0.0310. The van der Waals surface area contributed by atoms with Crippen molar-refractivity contribution in [1.82, 2.24) is 28.9 Å². The van der Waals surface area contributed by atoms with Crippen molar-refractivity contribution >= 4 is 23.2 Å². The summed E-state index contributed by atoms with van der Waals surface area (Å²) in [6, 6.07) is 10.7. The number of thiophene rings is 1. The summed E-state index contributed by atoms with van der Waals surface area (Å²) in [4.78, 5) is 43.9. The number of imidazole rings is 2. The number of nitrogens with zero attached hydrogens (tertiary/aromatic N) is 6. The number of carbonyl (C=O) groups is 2. The molecule has 2 unspecified atom stereocenters. The number of benzene rings is 3. The number of morpholine rings is 2. The van der Waals surface area contributed by atoms with Gasteiger partial charge in [0.05, 0.1) is 86.2 Å². The van der Waals surface area contributed by atoms with Crippen LogP contribution >= 0.6 is 11.3 Å². The molecule has 436 valence electrons. The zero-order valence-electron chi connectivity index (χ0n) is 48.7. The average Bonchev–Trinajstić information content (AvgIpc) is 4.26. The molecule has 0 radical (unpaired) electrons. The summed E-state index contributed by atoms with van der Waals surface area (Å²) in [6.45, 7) is 20.1. The molecular formula is C63H72F4N6O8S. The van der Waals surface area contributed by atoms with Crippen molar-refractivity contribution < 1.29 is 55.6 Å². The van der Waals surface area contributed by atoms with Crippen LogP contribution in [0.1, 0.15) is 129 Å². The van der Waals surface area contributed by atoms with Gasteiger partial charge < -0.3 is 38.2 Å². The highest BCUT2D eigenvalue weighted by atomic mass is 32.1. The number of methoxy groups -OCH3 is 2. The van der Waals surface area contributed by atoms with Crippen LogP contribution in [0.2, 0.25) is 0 Å². The molecule has 4 aliphatic heterocycles. The van der Waals surface area contributed by atoms with Gasteiger partial charge in [-0.05, 0) is 159 Å². The highest BCUT2D eigenvalue weighted by molar-refractivity contribution is 7.08. The number of rotatable bonds is 16. The summed E-state index contributed by atoms with van der Waals surface area (Å²) in [6.07, 6.45) is 4.63. The van der Waals surface area contributed by atoms with E-state index in [4.69, 9.17) is 38.4 Å². The lowest BCUT2D eigenvalue weighted by molar-refractivity contribution is -0.108. The van der Waals surface area contributed by atoms with Gasteiger partial charge in [-0.1, -0.05) is 12.2 Å². The zero-order valence-corrected chi connectivity index (χ0v) is 49.5. The largest absolute Gasteiger partial charge is 0.493 e. The topological polar surface area (TPSA) is 132 Å². The fourth-order valence-electron chi connectivity index (χ4n) is 11.9. The molecule has 2 fully saturated rings. The van der Waals surface area contributed by atoms with Crippen molar-refractivity contribution in [1.29, 1.82) is 0 Å². The molecule has 0 N–H and O–H groups in total. The number of carbonyl (C=O) groups excluding carboxylic acids is 2. The molecule has 19 heteroatoms. The van der Waals surface area contributed by atoms with Crippen LogP contribution in [0.5, 0.6) is 23.0 Å². The molecule has 3 aromatic carbocycles. The summed E-state index contributed by atoms with van der Waals surface area (Å²) < 4.78 is 105. The number of fused-ring (bicyclic) bond motifs is 6. The Morgan fingerprint density at radius 3 is 1.78 bits per heavy atom. The van der Waals surface area contributed by atoms with Gasteiger partial charge in [0, 0.05) is 59.3 Å². The third-order valence-electron chi connectivity index (χ3n) is 16.1. The van der Waals surface area contributed by atoms with Crippen molar-refractivity contribution in [2.45, 2.75) is 143 Å². The van der Waals surface area contributed by atoms with E-state index in [9.17, 15) is 4.79 Å². The maximum Gasteiger partial charge on any atom is 0.291 e. The lowest BCUT2D eigenvalue weighted by Gasteiger charge is -2.48. The van der Waals surface area contributed by atoms with Gasteiger partial charge >= 0.3 is 0 Å². The molecule has 3 aromatic heterocycles. The first-order chi connectivity index (χ1) is 38.9. The molecule has 10 rings (SSSR count). The van der Waals surface area contributed by atoms with Crippen LogP contribution in [0.15, 0.2) is 77.5 Å². The summed E-state index contributed by atoms with van der Waals surface area (Å²) in [7, 11) is 3.14. The van der Waals surface area contributed by atoms with Crippen LogP contribution in [0.4, 0.5) is 17.6 Å². The fourth-order valence-corrected chi connectivity index (χ4v) is 12.8. The first kappa shape index (κ1) is 58.2. The highest BCUT2D eigenvalue weighted by Gasteiger charge is 2.46. The van der Waals surface area contributed by atoms with Crippen LogP contribution in [0.3, 0.4) is 0 Å². The van der Waals surface area contributed by atoms with Gasteiger partial charge in [-0.15, -0.1) is 0 Å². The van der Waals surface area contributed by atoms with Gasteiger partial charge in [0.15, 0.2) is 34.4 Å². The van der Waals surface area contributed by atoms with Gasteiger partial charge in [0.2, 0.25) is 0 Å². The number of hydrogen-bond acceptors (Lipinski definition) is 11. The predicted octanol–water partition coefficient (Wildman–Crippen LogP) is 12.8. The fraction of sp³-hybridized carbons (Fsp3) is 0.460. The van der Waals surface area contributed by atoms with Crippen LogP contribution in [0.25, 0.3) is 34.2 Å². The highest BCUT2D eigenvalue weighted by Crippen LogP contribution is 2.46. The molecule has 6 aromatic rings. The van der Waals surface area contributed by atoms with Crippen molar-refractivity contribution in [3.05, 3.63) is 128 Å². The van der Waals surface area contributed by atoms with Crippen LogP contribution in [-0.4, -0.2) is 117 Å². The summed E-state index contributed by atoms with van der Waals surface area (Å²) >= 11 is 1.58. The van der Waals surface area contributed by atoms with Crippen LogP contribution < -0.4 is 18.9 Å². The zero-order chi connectivity index (χ0) is 58.8.